The van der Waals surface area contributed by atoms with Gasteiger partial charge in [0.2, 0.25) is 5.91 Å². The fraction of sp³-hybridized carbons (Fsp3) is 0.176. The molecule has 0 spiro atoms. The Morgan fingerprint density at radius 1 is 1.26 bits per heavy atom. The average Bonchev–Trinajstić information content (AvgIpc) is 2.99. The van der Waals surface area contributed by atoms with E-state index in [4.69, 9.17) is 4.52 Å². The molecule has 1 aliphatic carbocycles. The Morgan fingerprint density at radius 2 is 2.04 bits per heavy atom. The summed E-state index contributed by atoms with van der Waals surface area (Å²) in [6, 6.07) is 13.4. The average molecular weight is 389 g/mol. The second-order valence-electron chi connectivity index (χ2n) is 5.60. The molecule has 4 rings (SSSR count). The number of nitrogens with one attached hydrogen (secondary N) is 1. The first-order valence-electron chi connectivity index (χ1n) is 7.25. The van der Waals surface area contributed by atoms with Gasteiger partial charge in [-0.3, -0.25) is 4.79 Å². The van der Waals surface area contributed by atoms with Crippen LogP contribution >= 0.6 is 27.3 Å². The molecule has 1 fully saturated rings. The maximum absolute atomic E-state index is 12.7. The molecular weight excluding hydrogens is 376 g/mol. The highest BCUT2D eigenvalue weighted by Crippen LogP contribution is 2.49. The van der Waals surface area contributed by atoms with Crippen LogP contribution in [-0.4, -0.2) is 11.1 Å². The summed E-state index contributed by atoms with van der Waals surface area (Å²) in [5.74, 6) is 0.698. The third-order valence-electron chi connectivity index (χ3n) is 4.05. The monoisotopic (exact) mass is 388 g/mol. The Balaban J connectivity index is 1.56. The van der Waals surface area contributed by atoms with Crippen LogP contribution in [0.5, 0.6) is 0 Å². The van der Waals surface area contributed by atoms with Gasteiger partial charge in [-0.05, 0) is 48.6 Å². The maximum Gasteiger partial charge on any atom is 0.236 e. The van der Waals surface area contributed by atoms with Crippen LogP contribution in [0.25, 0.3) is 10.6 Å². The number of hydrogen-bond acceptors (Lipinski definition) is 4. The van der Waals surface area contributed by atoms with Gasteiger partial charge in [-0.1, -0.05) is 27.2 Å². The minimum Gasteiger partial charge on any atom is -0.355 e. The van der Waals surface area contributed by atoms with E-state index in [1.54, 1.807) is 11.3 Å². The maximum atomic E-state index is 12.7. The number of carbonyl (C=O) groups excluding carboxylic acids is 1. The predicted molar refractivity (Wildman–Crippen MR) is 93.5 cm³/mol. The molecule has 0 aliphatic heterocycles. The van der Waals surface area contributed by atoms with E-state index < -0.39 is 5.41 Å². The first-order chi connectivity index (χ1) is 11.2. The standard InChI is InChI=1S/C17H13BrN2O2S/c18-11-3-5-12(6-4-11)19-16(21)17(7-8-17)15-10-13(22-20-15)14-2-1-9-23-14/h1-6,9-10H,7-8H2,(H,19,21). The summed E-state index contributed by atoms with van der Waals surface area (Å²) in [4.78, 5) is 13.7. The minimum absolute atomic E-state index is 0.0224. The normalized spacial score (nSPS) is 15.3. The van der Waals surface area contributed by atoms with Gasteiger partial charge in [0.1, 0.15) is 0 Å². The van der Waals surface area contributed by atoms with Gasteiger partial charge in [0.25, 0.3) is 0 Å². The van der Waals surface area contributed by atoms with Crippen molar-refractivity contribution in [3.05, 3.63) is 58.0 Å². The highest BCUT2D eigenvalue weighted by Gasteiger charge is 2.53. The number of benzene rings is 1. The summed E-state index contributed by atoms with van der Waals surface area (Å²) < 4.78 is 6.41. The second-order valence-corrected chi connectivity index (χ2v) is 7.46. The van der Waals surface area contributed by atoms with Crippen molar-refractivity contribution in [2.75, 3.05) is 5.32 Å². The van der Waals surface area contributed by atoms with E-state index in [9.17, 15) is 4.79 Å². The minimum atomic E-state index is -0.550. The fourth-order valence-electron chi connectivity index (χ4n) is 2.54. The zero-order valence-corrected chi connectivity index (χ0v) is 14.5. The number of nitrogens with zero attached hydrogens (tertiary/aromatic N) is 1. The van der Waals surface area contributed by atoms with Crippen LogP contribution in [0.2, 0.25) is 0 Å². The lowest BCUT2D eigenvalue weighted by Crippen LogP contribution is -2.28. The van der Waals surface area contributed by atoms with Crippen molar-refractivity contribution < 1.29 is 9.32 Å². The number of thiophene rings is 1. The zero-order chi connectivity index (χ0) is 15.9. The topological polar surface area (TPSA) is 55.1 Å². The Kier molecular flexibility index (Phi) is 3.58. The third kappa shape index (κ3) is 2.72. The summed E-state index contributed by atoms with van der Waals surface area (Å²) in [5.41, 5.74) is 0.952. The smallest absolute Gasteiger partial charge is 0.236 e. The van der Waals surface area contributed by atoms with Crippen LogP contribution in [-0.2, 0) is 10.2 Å². The van der Waals surface area contributed by atoms with Gasteiger partial charge < -0.3 is 9.84 Å². The molecule has 0 saturated heterocycles. The molecule has 2 heterocycles. The quantitative estimate of drug-likeness (QED) is 0.695. The van der Waals surface area contributed by atoms with Crippen molar-refractivity contribution in [2.24, 2.45) is 0 Å². The molecule has 0 unspecified atom stereocenters. The summed E-state index contributed by atoms with van der Waals surface area (Å²) in [6.45, 7) is 0. The molecule has 116 valence electrons. The number of carbonyl (C=O) groups is 1. The van der Waals surface area contributed by atoms with Crippen molar-refractivity contribution >= 4 is 38.9 Å². The second kappa shape index (κ2) is 5.62. The molecule has 1 saturated carbocycles. The molecule has 0 radical (unpaired) electrons. The number of aromatic nitrogens is 1. The van der Waals surface area contributed by atoms with Crippen LogP contribution in [0.15, 0.2) is 56.8 Å². The molecule has 1 aromatic carbocycles. The Bertz CT molecular complexity index is 836. The van der Waals surface area contributed by atoms with Crippen molar-refractivity contribution in [3.8, 4) is 10.6 Å². The van der Waals surface area contributed by atoms with Gasteiger partial charge in [0.05, 0.1) is 16.0 Å². The van der Waals surface area contributed by atoms with E-state index in [0.29, 0.717) is 0 Å². The first-order valence-corrected chi connectivity index (χ1v) is 8.93. The Morgan fingerprint density at radius 3 is 2.70 bits per heavy atom. The summed E-state index contributed by atoms with van der Waals surface area (Å²) in [5, 5.41) is 9.11. The highest BCUT2D eigenvalue weighted by molar-refractivity contribution is 9.10. The van der Waals surface area contributed by atoms with Gasteiger partial charge in [-0.15, -0.1) is 11.3 Å². The van der Waals surface area contributed by atoms with E-state index in [-0.39, 0.29) is 5.91 Å². The molecule has 23 heavy (non-hydrogen) atoms. The number of hydrogen-bond donors (Lipinski definition) is 1. The van der Waals surface area contributed by atoms with Crippen LogP contribution in [0, 0.1) is 0 Å². The highest BCUT2D eigenvalue weighted by atomic mass is 79.9. The SMILES string of the molecule is O=C(Nc1ccc(Br)cc1)C1(c2cc(-c3cccs3)on2)CC1. The number of amides is 1. The molecule has 0 atom stereocenters. The lowest BCUT2D eigenvalue weighted by atomic mass is 10.0. The third-order valence-corrected chi connectivity index (χ3v) is 5.46. The van der Waals surface area contributed by atoms with Crippen molar-refractivity contribution in [1.82, 2.24) is 5.16 Å². The molecule has 6 heteroatoms. The Labute approximate surface area is 145 Å². The molecule has 0 bridgehead atoms. The summed E-state index contributed by atoms with van der Waals surface area (Å²) >= 11 is 4.98. The molecule has 3 aromatic rings. The zero-order valence-electron chi connectivity index (χ0n) is 12.1. The van der Waals surface area contributed by atoms with Crippen LogP contribution < -0.4 is 5.32 Å². The lowest BCUT2D eigenvalue weighted by Gasteiger charge is -2.12. The van der Waals surface area contributed by atoms with Crippen LogP contribution in [0.4, 0.5) is 5.69 Å². The van der Waals surface area contributed by atoms with E-state index in [0.717, 1.165) is 39.3 Å². The van der Waals surface area contributed by atoms with Crippen LogP contribution in [0.3, 0.4) is 0 Å². The molecule has 2 aromatic heterocycles. The number of halogens is 1. The van der Waals surface area contributed by atoms with E-state index >= 15 is 0 Å². The van der Waals surface area contributed by atoms with Gasteiger partial charge in [-0.25, -0.2) is 0 Å². The van der Waals surface area contributed by atoms with Crippen LogP contribution in [0.1, 0.15) is 18.5 Å². The molecule has 4 nitrogen and oxygen atoms in total. The molecular formula is C17H13BrN2O2S. The Hall–Kier alpha value is -1.92. The first kappa shape index (κ1) is 14.7. The number of rotatable bonds is 4. The van der Waals surface area contributed by atoms with E-state index in [1.165, 1.54) is 0 Å². The largest absolute Gasteiger partial charge is 0.355 e. The lowest BCUT2D eigenvalue weighted by molar-refractivity contribution is -0.118. The van der Waals surface area contributed by atoms with Gasteiger partial charge in [-0.2, -0.15) is 0 Å². The van der Waals surface area contributed by atoms with E-state index in [1.807, 2.05) is 47.8 Å². The fourth-order valence-corrected chi connectivity index (χ4v) is 3.48. The van der Waals surface area contributed by atoms with Gasteiger partial charge >= 0.3 is 0 Å². The predicted octanol–water partition coefficient (Wildman–Crippen LogP) is 4.84. The molecule has 1 amide bonds. The van der Waals surface area contributed by atoms with Crippen molar-refractivity contribution in [1.29, 1.82) is 0 Å². The van der Waals surface area contributed by atoms with Gasteiger partial charge in [0, 0.05) is 16.2 Å². The summed E-state index contributed by atoms with van der Waals surface area (Å²) in [7, 11) is 0. The number of anilines is 1. The van der Waals surface area contributed by atoms with Gasteiger partial charge in [0.15, 0.2) is 5.76 Å². The molecule has 1 aliphatic rings. The summed E-state index contributed by atoms with van der Waals surface area (Å²) in [6.07, 6.45) is 1.59. The van der Waals surface area contributed by atoms with Crippen molar-refractivity contribution in [3.63, 3.8) is 0 Å². The van der Waals surface area contributed by atoms with E-state index in [2.05, 4.69) is 26.4 Å². The molecule has 1 N–H and O–H groups in total. The van der Waals surface area contributed by atoms with Crippen molar-refractivity contribution in [2.45, 2.75) is 18.3 Å².